The number of aryl methyl sites for hydroxylation is 1. The lowest BCUT2D eigenvalue weighted by Crippen LogP contribution is -2.58. The molecule has 0 radical (unpaired) electrons. The standard InChI is InChI=1S/C26H37N5O4S/c1-15(17-7-9-18(10-8-17)22-16(2)28-14-36-22)29-24(34)20-11-19(32)13-31(20)25(35)23(26(3,4)5)30-21(33)12-27-6/h7-10,14-15,19-20,23,27,32H,11-13H2,1-6H3,(H,29,34)(H,30,33)/t15-,19+,20-,23+/m0/s1. The van der Waals surface area contributed by atoms with E-state index in [4.69, 9.17) is 0 Å². The smallest absolute Gasteiger partial charge is 0.246 e. The Morgan fingerprint density at radius 1 is 1.19 bits per heavy atom. The summed E-state index contributed by atoms with van der Waals surface area (Å²) in [4.78, 5) is 45.8. The van der Waals surface area contributed by atoms with E-state index in [1.54, 1.807) is 18.4 Å². The molecule has 1 saturated heterocycles. The van der Waals surface area contributed by atoms with Crippen LogP contribution in [-0.4, -0.2) is 71.0 Å². The predicted octanol–water partition coefficient (Wildman–Crippen LogP) is 2.01. The zero-order valence-electron chi connectivity index (χ0n) is 21.8. The van der Waals surface area contributed by atoms with Gasteiger partial charge in [-0.15, -0.1) is 11.3 Å². The molecule has 3 rings (SSSR count). The molecule has 0 bridgehead atoms. The molecule has 0 spiro atoms. The number of benzene rings is 1. The van der Waals surface area contributed by atoms with Gasteiger partial charge in [-0.3, -0.25) is 14.4 Å². The summed E-state index contributed by atoms with van der Waals surface area (Å²) in [6, 6.07) is 6.01. The molecule has 2 aromatic rings. The summed E-state index contributed by atoms with van der Waals surface area (Å²) in [7, 11) is 1.65. The third-order valence-corrected chi connectivity index (χ3v) is 7.38. The number of rotatable bonds is 8. The van der Waals surface area contributed by atoms with Crippen molar-refractivity contribution in [1.29, 1.82) is 0 Å². The maximum Gasteiger partial charge on any atom is 0.246 e. The van der Waals surface area contributed by atoms with Crippen molar-refractivity contribution in [2.24, 2.45) is 5.41 Å². The Labute approximate surface area is 216 Å². The van der Waals surface area contributed by atoms with Gasteiger partial charge in [0.2, 0.25) is 17.7 Å². The molecule has 4 atom stereocenters. The van der Waals surface area contributed by atoms with E-state index in [1.807, 2.05) is 64.4 Å². The number of likely N-dealkylation sites (tertiary alicyclic amines) is 1. The summed E-state index contributed by atoms with van der Waals surface area (Å²) < 4.78 is 0. The number of nitrogens with one attached hydrogen (secondary N) is 3. The molecule has 9 nitrogen and oxygen atoms in total. The molecular weight excluding hydrogens is 478 g/mol. The van der Waals surface area contributed by atoms with Crippen LogP contribution < -0.4 is 16.0 Å². The van der Waals surface area contributed by atoms with Crippen LogP contribution in [0.5, 0.6) is 0 Å². The first-order valence-corrected chi connectivity index (χ1v) is 13.0. The van der Waals surface area contributed by atoms with Crippen molar-refractivity contribution < 1.29 is 19.5 Å². The minimum Gasteiger partial charge on any atom is -0.391 e. The first-order chi connectivity index (χ1) is 16.9. The number of thiazole rings is 1. The number of likely N-dealkylation sites (N-methyl/N-ethyl adjacent to an activating group) is 1. The van der Waals surface area contributed by atoms with Crippen LogP contribution in [0.4, 0.5) is 0 Å². The number of carbonyl (C=O) groups excluding carboxylic acids is 3. The molecule has 196 valence electrons. The first-order valence-electron chi connectivity index (χ1n) is 12.2. The van der Waals surface area contributed by atoms with Gasteiger partial charge in [0.05, 0.1) is 34.8 Å². The van der Waals surface area contributed by atoms with Gasteiger partial charge in [-0.2, -0.15) is 0 Å². The fourth-order valence-corrected chi connectivity index (χ4v) is 5.20. The van der Waals surface area contributed by atoms with Crippen LogP contribution in [0.3, 0.4) is 0 Å². The average Bonchev–Trinajstić information content (AvgIpc) is 3.42. The van der Waals surface area contributed by atoms with Crippen LogP contribution in [0, 0.1) is 12.3 Å². The Bertz CT molecular complexity index is 1080. The summed E-state index contributed by atoms with van der Waals surface area (Å²) >= 11 is 1.59. The van der Waals surface area contributed by atoms with E-state index in [9.17, 15) is 19.5 Å². The highest BCUT2D eigenvalue weighted by Gasteiger charge is 2.44. The number of hydrogen-bond acceptors (Lipinski definition) is 7. The van der Waals surface area contributed by atoms with Gasteiger partial charge in [0, 0.05) is 13.0 Å². The number of nitrogens with zero attached hydrogens (tertiary/aromatic N) is 2. The predicted molar refractivity (Wildman–Crippen MR) is 140 cm³/mol. The molecule has 1 aromatic carbocycles. The summed E-state index contributed by atoms with van der Waals surface area (Å²) in [6.07, 6.45) is -0.662. The van der Waals surface area contributed by atoms with Crippen molar-refractivity contribution in [2.45, 2.75) is 65.3 Å². The molecule has 1 aliphatic heterocycles. The lowest BCUT2D eigenvalue weighted by molar-refractivity contribution is -0.144. The van der Waals surface area contributed by atoms with Gasteiger partial charge in [0.25, 0.3) is 0 Å². The highest BCUT2D eigenvalue weighted by Crippen LogP contribution is 2.29. The zero-order chi connectivity index (χ0) is 26.6. The Kier molecular flexibility index (Phi) is 8.86. The minimum atomic E-state index is -0.834. The largest absolute Gasteiger partial charge is 0.391 e. The lowest BCUT2D eigenvalue weighted by atomic mass is 9.85. The summed E-state index contributed by atoms with van der Waals surface area (Å²) in [6.45, 7) is 9.55. The van der Waals surface area contributed by atoms with Gasteiger partial charge in [-0.1, -0.05) is 45.0 Å². The molecule has 0 aliphatic carbocycles. The molecule has 0 saturated carbocycles. The fourth-order valence-electron chi connectivity index (χ4n) is 4.39. The normalized spacial score (nSPS) is 19.6. The molecule has 1 aromatic heterocycles. The van der Waals surface area contributed by atoms with E-state index in [1.165, 1.54) is 4.90 Å². The van der Waals surface area contributed by atoms with Crippen LogP contribution in [0.2, 0.25) is 0 Å². The Hall–Kier alpha value is -2.82. The number of carbonyl (C=O) groups is 3. The van der Waals surface area contributed by atoms with Crippen LogP contribution in [0.25, 0.3) is 10.4 Å². The molecule has 2 heterocycles. The maximum absolute atomic E-state index is 13.5. The average molecular weight is 516 g/mol. The van der Waals surface area contributed by atoms with Crippen molar-refractivity contribution in [3.8, 4) is 10.4 Å². The Balaban J connectivity index is 1.72. The van der Waals surface area contributed by atoms with Crippen LogP contribution in [-0.2, 0) is 14.4 Å². The van der Waals surface area contributed by atoms with E-state index in [-0.39, 0.29) is 43.3 Å². The summed E-state index contributed by atoms with van der Waals surface area (Å²) in [5.41, 5.74) is 4.22. The molecule has 1 aliphatic rings. The first kappa shape index (κ1) is 27.8. The number of amides is 3. The fraction of sp³-hybridized carbons (Fsp3) is 0.538. The van der Waals surface area contributed by atoms with E-state index in [2.05, 4.69) is 20.9 Å². The van der Waals surface area contributed by atoms with Crippen LogP contribution in [0.15, 0.2) is 29.8 Å². The minimum absolute atomic E-state index is 0.0443. The lowest BCUT2D eigenvalue weighted by Gasteiger charge is -2.35. The van der Waals surface area contributed by atoms with Gasteiger partial charge in [0.1, 0.15) is 12.1 Å². The number of hydrogen-bond donors (Lipinski definition) is 4. The third kappa shape index (κ3) is 6.48. The number of aliphatic hydroxyl groups excluding tert-OH is 1. The van der Waals surface area contributed by atoms with Crippen molar-refractivity contribution >= 4 is 29.1 Å². The second kappa shape index (κ2) is 11.5. The Morgan fingerprint density at radius 3 is 2.42 bits per heavy atom. The molecule has 1 fully saturated rings. The molecule has 4 N–H and O–H groups in total. The second-order valence-electron chi connectivity index (χ2n) is 10.4. The van der Waals surface area contributed by atoms with Crippen LogP contribution in [0.1, 0.15) is 51.4 Å². The molecular formula is C26H37N5O4S. The van der Waals surface area contributed by atoms with E-state index < -0.39 is 23.6 Å². The van der Waals surface area contributed by atoms with Crippen molar-refractivity contribution in [3.05, 3.63) is 41.0 Å². The van der Waals surface area contributed by atoms with E-state index >= 15 is 0 Å². The molecule has 10 heteroatoms. The van der Waals surface area contributed by atoms with Crippen molar-refractivity contribution in [3.63, 3.8) is 0 Å². The van der Waals surface area contributed by atoms with Gasteiger partial charge in [-0.25, -0.2) is 4.98 Å². The summed E-state index contributed by atoms with van der Waals surface area (Å²) in [5.74, 6) is -1.01. The second-order valence-corrected chi connectivity index (χ2v) is 11.3. The molecule has 0 unspecified atom stereocenters. The van der Waals surface area contributed by atoms with Crippen LogP contribution >= 0.6 is 11.3 Å². The van der Waals surface area contributed by atoms with Gasteiger partial charge >= 0.3 is 0 Å². The quantitative estimate of drug-likeness (QED) is 0.427. The van der Waals surface area contributed by atoms with Crippen molar-refractivity contribution in [2.75, 3.05) is 20.1 Å². The number of aliphatic hydroxyl groups is 1. The Morgan fingerprint density at radius 2 is 1.86 bits per heavy atom. The number of aromatic nitrogens is 1. The molecule has 36 heavy (non-hydrogen) atoms. The van der Waals surface area contributed by atoms with Gasteiger partial charge in [-0.05, 0) is 37.4 Å². The third-order valence-electron chi connectivity index (χ3n) is 6.40. The van der Waals surface area contributed by atoms with Crippen molar-refractivity contribution in [1.82, 2.24) is 25.8 Å². The zero-order valence-corrected chi connectivity index (χ0v) is 22.6. The van der Waals surface area contributed by atoms with E-state index in [0.29, 0.717) is 0 Å². The highest BCUT2D eigenvalue weighted by atomic mass is 32.1. The molecule has 3 amide bonds. The summed E-state index contributed by atoms with van der Waals surface area (Å²) in [5, 5.41) is 18.9. The SMILES string of the molecule is CNCC(=O)N[C@H](C(=O)N1C[C@H](O)C[C@H]1C(=O)N[C@@H](C)c1ccc(-c2scnc2C)cc1)C(C)(C)C. The maximum atomic E-state index is 13.5. The monoisotopic (exact) mass is 515 g/mol. The van der Waals surface area contributed by atoms with E-state index in [0.717, 1.165) is 21.7 Å². The van der Waals surface area contributed by atoms with Gasteiger partial charge in [0.15, 0.2) is 0 Å². The number of β-amino-alcohol motifs (C(OH)–C–C–N with tert-alkyl or cyclic N) is 1. The topological polar surface area (TPSA) is 124 Å². The van der Waals surface area contributed by atoms with Gasteiger partial charge < -0.3 is 26.0 Å². The highest BCUT2D eigenvalue weighted by molar-refractivity contribution is 7.13.